The van der Waals surface area contributed by atoms with Crippen LogP contribution >= 0.6 is 12.4 Å². The van der Waals surface area contributed by atoms with Gasteiger partial charge >= 0.3 is 12.1 Å². The monoisotopic (exact) mass is 238 g/mol. The van der Waals surface area contributed by atoms with Crippen LogP contribution in [0, 0.1) is 5.92 Å². The van der Waals surface area contributed by atoms with Crippen LogP contribution in [0.3, 0.4) is 0 Å². The van der Waals surface area contributed by atoms with Crippen molar-refractivity contribution in [2.75, 3.05) is 19.7 Å². The van der Waals surface area contributed by atoms with E-state index in [1.54, 1.807) is 6.92 Å². The molecule has 0 unspecified atom stereocenters. The van der Waals surface area contributed by atoms with Gasteiger partial charge in [-0.05, 0) is 6.92 Å². The van der Waals surface area contributed by atoms with Gasteiger partial charge in [-0.2, -0.15) is 0 Å². The molecule has 7 heteroatoms. The lowest BCUT2D eigenvalue weighted by molar-refractivity contribution is -0.147. The zero-order valence-corrected chi connectivity index (χ0v) is 9.20. The number of halogens is 1. The molecule has 0 bridgehead atoms. The molecule has 1 amide bonds. The molecular weight excluding hydrogens is 224 g/mol. The number of nitrogens with zero attached hydrogens (tertiary/aromatic N) is 1. The topological polar surface area (TPSA) is 92.9 Å². The maximum absolute atomic E-state index is 11.3. The number of esters is 1. The van der Waals surface area contributed by atoms with E-state index in [1.807, 2.05) is 0 Å². The first-order valence-corrected chi connectivity index (χ1v) is 4.46. The van der Waals surface area contributed by atoms with E-state index in [0.29, 0.717) is 0 Å². The van der Waals surface area contributed by atoms with Gasteiger partial charge in [0.15, 0.2) is 0 Å². The Morgan fingerprint density at radius 3 is 2.53 bits per heavy atom. The highest BCUT2D eigenvalue weighted by Crippen LogP contribution is 2.16. The second kappa shape index (κ2) is 5.77. The van der Waals surface area contributed by atoms with Crippen molar-refractivity contribution in [1.29, 1.82) is 0 Å². The first kappa shape index (κ1) is 14.0. The molecular formula is C8H15ClN2O4. The van der Waals surface area contributed by atoms with E-state index < -0.39 is 24.0 Å². The molecule has 1 heterocycles. The number of carboxylic acid groups (broad SMARTS) is 1. The summed E-state index contributed by atoms with van der Waals surface area (Å²) in [7, 11) is 0. The van der Waals surface area contributed by atoms with E-state index >= 15 is 0 Å². The highest BCUT2D eigenvalue weighted by atomic mass is 35.5. The Labute approximate surface area is 93.8 Å². The van der Waals surface area contributed by atoms with E-state index in [4.69, 9.17) is 15.6 Å². The van der Waals surface area contributed by atoms with E-state index in [2.05, 4.69) is 0 Å². The molecule has 15 heavy (non-hydrogen) atoms. The van der Waals surface area contributed by atoms with Gasteiger partial charge in [-0.1, -0.05) is 0 Å². The lowest BCUT2D eigenvalue weighted by Crippen LogP contribution is -2.35. The molecule has 6 nitrogen and oxygen atoms in total. The number of ether oxygens (including phenoxy) is 1. The van der Waals surface area contributed by atoms with Crippen molar-refractivity contribution >= 4 is 24.5 Å². The highest BCUT2D eigenvalue weighted by molar-refractivity contribution is 5.85. The minimum atomic E-state index is -1.05. The first-order valence-electron chi connectivity index (χ1n) is 4.46. The summed E-state index contributed by atoms with van der Waals surface area (Å²) >= 11 is 0. The molecule has 1 rings (SSSR count). The van der Waals surface area contributed by atoms with Crippen molar-refractivity contribution in [3.63, 3.8) is 0 Å². The maximum atomic E-state index is 11.3. The van der Waals surface area contributed by atoms with E-state index in [-0.39, 0.29) is 32.1 Å². The molecule has 0 aromatic rings. The Morgan fingerprint density at radius 2 is 2.13 bits per heavy atom. The molecule has 1 aliphatic rings. The molecule has 0 spiro atoms. The average Bonchev–Trinajstić information content (AvgIpc) is 2.48. The summed E-state index contributed by atoms with van der Waals surface area (Å²) in [6.45, 7) is 2.32. The number of hydrogen-bond donors (Lipinski definition) is 2. The predicted octanol–water partition coefficient (Wildman–Crippen LogP) is -0.0916. The molecule has 0 saturated carbocycles. The maximum Gasteiger partial charge on any atom is 0.407 e. The average molecular weight is 239 g/mol. The Morgan fingerprint density at radius 1 is 1.53 bits per heavy atom. The lowest BCUT2D eigenvalue weighted by Gasteiger charge is -2.11. The molecule has 0 aromatic heterocycles. The van der Waals surface area contributed by atoms with Crippen LogP contribution in [0.25, 0.3) is 0 Å². The summed E-state index contributed by atoms with van der Waals surface area (Å²) in [5, 5.41) is 8.68. The van der Waals surface area contributed by atoms with Crippen LogP contribution < -0.4 is 5.73 Å². The van der Waals surface area contributed by atoms with Gasteiger partial charge in [0.25, 0.3) is 0 Å². The number of rotatable bonds is 2. The molecule has 1 fully saturated rings. The number of hydrogen-bond acceptors (Lipinski definition) is 4. The largest absolute Gasteiger partial charge is 0.466 e. The summed E-state index contributed by atoms with van der Waals surface area (Å²) in [4.78, 5) is 23.0. The zero-order valence-electron chi connectivity index (χ0n) is 8.38. The number of carbonyl (C=O) groups is 2. The van der Waals surface area contributed by atoms with Gasteiger partial charge in [-0.25, -0.2) is 4.79 Å². The number of amides is 1. The van der Waals surface area contributed by atoms with E-state index in [9.17, 15) is 9.59 Å². The van der Waals surface area contributed by atoms with Crippen LogP contribution in [-0.4, -0.2) is 47.8 Å². The summed E-state index contributed by atoms with van der Waals surface area (Å²) < 4.78 is 4.79. The van der Waals surface area contributed by atoms with Gasteiger partial charge in [-0.15, -0.1) is 12.4 Å². The van der Waals surface area contributed by atoms with Gasteiger partial charge in [0.1, 0.15) is 0 Å². The Bertz CT molecular complexity index is 249. The standard InChI is InChI=1S/C8H14N2O4.ClH/c1-2-14-7(11)5-3-10(8(12)13)4-6(5)9;/h5-6H,2-4,9H2,1H3,(H,12,13);1H/t5-,6-;/m1./s1. The van der Waals surface area contributed by atoms with E-state index in [1.165, 1.54) is 0 Å². The van der Waals surface area contributed by atoms with Crippen molar-refractivity contribution in [3.05, 3.63) is 0 Å². The number of carbonyl (C=O) groups excluding carboxylic acids is 1. The molecule has 3 N–H and O–H groups in total. The fourth-order valence-corrected chi connectivity index (χ4v) is 1.48. The molecule has 0 aliphatic carbocycles. The van der Waals surface area contributed by atoms with Crippen LogP contribution in [0.15, 0.2) is 0 Å². The summed E-state index contributed by atoms with van der Waals surface area (Å²) in [6.07, 6.45) is -1.05. The molecule has 0 aromatic carbocycles. The van der Waals surface area contributed by atoms with Gasteiger partial charge in [0, 0.05) is 19.1 Å². The minimum absolute atomic E-state index is 0. The summed E-state index contributed by atoms with van der Waals surface area (Å²) in [6, 6.07) is -0.454. The molecule has 2 atom stereocenters. The van der Waals surface area contributed by atoms with Crippen LogP contribution in [0.5, 0.6) is 0 Å². The van der Waals surface area contributed by atoms with Gasteiger partial charge < -0.3 is 20.5 Å². The van der Waals surface area contributed by atoms with Gasteiger partial charge in [-0.3, -0.25) is 4.79 Å². The van der Waals surface area contributed by atoms with Crippen molar-refractivity contribution in [3.8, 4) is 0 Å². The molecule has 88 valence electrons. The third-order valence-electron chi connectivity index (χ3n) is 2.22. The third-order valence-corrected chi connectivity index (χ3v) is 2.22. The SMILES string of the molecule is CCOC(=O)[C@@H]1CN(C(=O)O)C[C@H]1N.Cl. The minimum Gasteiger partial charge on any atom is -0.466 e. The van der Waals surface area contributed by atoms with Gasteiger partial charge in [0.05, 0.1) is 12.5 Å². The van der Waals surface area contributed by atoms with Gasteiger partial charge in [0.2, 0.25) is 0 Å². The quantitative estimate of drug-likeness (QED) is 0.656. The summed E-state index contributed by atoms with van der Waals surface area (Å²) in [5.41, 5.74) is 5.63. The van der Waals surface area contributed by atoms with Crippen molar-refractivity contribution in [1.82, 2.24) is 4.90 Å². The Kier molecular flexibility index (Phi) is 5.38. The predicted molar refractivity (Wildman–Crippen MR) is 54.9 cm³/mol. The second-order valence-corrected chi connectivity index (χ2v) is 3.21. The number of nitrogens with two attached hydrogens (primary N) is 1. The molecule has 1 saturated heterocycles. The van der Waals surface area contributed by atoms with Crippen LogP contribution in [-0.2, 0) is 9.53 Å². The molecule has 1 aliphatic heterocycles. The molecule has 0 radical (unpaired) electrons. The zero-order chi connectivity index (χ0) is 10.7. The van der Waals surface area contributed by atoms with Crippen LogP contribution in [0.2, 0.25) is 0 Å². The highest BCUT2D eigenvalue weighted by Gasteiger charge is 2.38. The van der Waals surface area contributed by atoms with Crippen molar-refractivity contribution < 1.29 is 19.4 Å². The third kappa shape index (κ3) is 3.24. The van der Waals surface area contributed by atoms with Crippen molar-refractivity contribution in [2.45, 2.75) is 13.0 Å². The lowest BCUT2D eigenvalue weighted by atomic mass is 10.1. The smallest absolute Gasteiger partial charge is 0.407 e. The number of likely N-dealkylation sites (tertiary alicyclic amines) is 1. The van der Waals surface area contributed by atoms with Crippen LogP contribution in [0.4, 0.5) is 4.79 Å². The fourth-order valence-electron chi connectivity index (χ4n) is 1.48. The first-order chi connectivity index (χ1) is 6.56. The van der Waals surface area contributed by atoms with Crippen molar-refractivity contribution in [2.24, 2.45) is 11.7 Å². The Hall–Kier alpha value is -1.01. The van der Waals surface area contributed by atoms with Crippen LogP contribution in [0.1, 0.15) is 6.92 Å². The second-order valence-electron chi connectivity index (χ2n) is 3.21. The Balaban J connectivity index is 0.00000196. The summed E-state index contributed by atoms with van der Waals surface area (Å²) in [5.74, 6) is -0.935. The normalized spacial score (nSPS) is 24.5. The fraction of sp³-hybridized carbons (Fsp3) is 0.750. The van der Waals surface area contributed by atoms with E-state index in [0.717, 1.165) is 4.90 Å².